The summed E-state index contributed by atoms with van der Waals surface area (Å²) in [6.07, 6.45) is 0. The lowest BCUT2D eigenvalue weighted by molar-refractivity contribution is 1.02. The first-order valence-corrected chi connectivity index (χ1v) is 5.90. The van der Waals surface area contributed by atoms with Crippen molar-refractivity contribution in [3.05, 3.63) is 54.1 Å². The maximum atomic E-state index is 5.71. The molecule has 0 heterocycles. The van der Waals surface area contributed by atoms with Gasteiger partial charge in [0.05, 0.1) is 0 Å². The molecule has 2 nitrogen and oxygen atoms in total. The highest BCUT2D eigenvalue weighted by Crippen LogP contribution is 2.26. The van der Waals surface area contributed by atoms with Crippen LogP contribution in [0.4, 0.5) is 17.1 Å². The van der Waals surface area contributed by atoms with E-state index in [1.54, 1.807) is 0 Å². The highest BCUT2D eigenvalue weighted by atomic mass is 15.1. The molecule has 0 amide bonds. The van der Waals surface area contributed by atoms with E-state index in [0.29, 0.717) is 0 Å². The second-order valence-electron chi connectivity index (χ2n) is 4.17. The standard InChI is InChI=1S/C15H18N2/c1-3-17(14-9-7-13(16)8-10-14)15-6-4-5-12(2)11-15/h4-11H,3,16H2,1-2H3. The Labute approximate surface area is 103 Å². The number of hydrogen-bond donors (Lipinski definition) is 1. The lowest BCUT2D eigenvalue weighted by Crippen LogP contribution is -2.15. The van der Waals surface area contributed by atoms with Gasteiger partial charge in [0.2, 0.25) is 0 Å². The van der Waals surface area contributed by atoms with E-state index >= 15 is 0 Å². The second-order valence-corrected chi connectivity index (χ2v) is 4.17. The van der Waals surface area contributed by atoms with Crippen LogP contribution in [0.15, 0.2) is 48.5 Å². The van der Waals surface area contributed by atoms with Crippen LogP contribution in [0, 0.1) is 6.92 Å². The number of nitrogen functional groups attached to an aromatic ring is 1. The van der Waals surface area contributed by atoms with Gasteiger partial charge in [-0.3, -0.25) is 0 Å². The first-order chi connectivity index (χ1) is 8.20. The van der Waals surface area contributed by atoms with Crippen molar-refractivity contribution in [3.63, 3.8) is 0 Å². The Kier molecular flexibility index (Phi) is 3.33. The van der Waals surface area contributed by atoms with Gasteiger partial charge in [-0.05, 0) is 55.8 Å². The highest BCUT2D eigenvalue weighted by Gasteiger charge is 2.06. The van der Waals surface area contributed by atoms with Crippen molar-refractivity contribution < 1.29 is 0 Å². The number of rotatable bonds is 3. The van der Waals surface area contributed by atoms with Gasteiger partial charge in [-0.25, -0.2) is 0 Å². The molecule has 0 aliphatic heterocycles. The molecule has 2 heteroatoms. The topological polar surface area (TPSA) is 29.3 Å². The lowest BCUT2D eigenvalue weighted by atomic mass is 10.2. The summed E-state index contributed by atoms with van der Waals surface area (Å²) in [6, 6.07) is 16.5. The normalized spacial score (nSPS) is 10.2. The van der Waals surface area contributed by atoms with Crippen molar-refractivity contribution in [2.45, 2.75) is 13.8 Å². The van der Waals surface area contributed by atoms with Crippen molar-refractivity contribution >= 4 is 17.1 Å². The van der Waals surface area contributed by atoms with E-state index in [-0.39, 0.29) is 0 Å². The molecular weight excluding hydrogens is 208 g/mol. The summed E-state index contributed by atoms with van der Waals surface area (Å²) in [5.41, 5.74) is 10.2. The van der Waals surface area contributed by atoms with Gasteiger partial charge in [0.15, 0.2) is 0 Å². The van der Waals surface area contributed by atoms with E-state index in [4.69, 9.17) is 5.73 Å². The van der Waals surface area contributed by atoms with Crippen LogP contribution in [0.3, 0.4) is 0 Å². The van der Waals surface area contributed by atoms with Crippen molar-refractivity contribution in [1.29, 1.82) is 0 Å². The first kappa shape index (κ1) is 11.5. The van der Waals surface area contributed by atoms with E-state index in [2.05, 4.69) is 55.1 Å². The zero-order valence-electron chi connectivity index (χ0n) is 10.4. The van der Waals surface area contributed by atoms with Gasteiger partial charge in [0.25, 0.3) is 0 Å². The van der Waals surface area contributed by atoms with Crippen LogP contribution >= 0.6 is 0 Å². The van der Waals surface area contributed by atoms with Gasteiger partial charge in [-0.2, -0.15) is 0 Å². The molecular formula is C15H18N2. The van der Waals surface area contributed by atoms with Crippen molar-refractivity contribution in [2.24, 2.45) is 0 Å². The fourth-order valence-corrected chi connectivity index (χ4v) is 1.96. The molecule has 17 heavy (non-hydrogen) atoms. The molecule has 0 aromatic heterocycles. The van der Waals surface area contributed by atoms with E-state index in [0.717, 1.165) is 12.2 Å². The Bertz CT molecular complexity index is 489. The monoisotopic (exact) mass is 226 g/mol. The molecule has 0 unspecified atom stereocenters. The molecule has 0 aliphatic carbocycles. The minimum absolute atomic E-state index is 0.800. The maximum absolute atomic E-state index is 5.71. The van der Waals surface area contributed by atoms with Crippen molar-refractivity contribution in [1.82, 2.24) is 0 Å². The number of nitrogens with zero attached hydrogens (tertiary/aromatic N) is 1. The van der Waals surface area contributed by atoms with Gasteiger partial charge < -0.3 is 10.6 Å². The predicted octanol–water partition coefficient (Wildman–Crippen LogP) is 3.74. The molecule has 2 rings (SSSR count). The fraction of sp³-hybridized carbons (Fsp3) is 0.200. The molecule has 0 saturated heterocycles. The van der Waals surface area contributed by atoms with Crippen LogP contribution < -0.4 is 10.6 Å². The van der Waals surface area contributed by atoms with Crippen LogP contribution in [-0.4, -0.2) is 6.54 Å². The Morgan fingerprint density at radius 3 is 2.29 bits per heavy atom. The number of aryl methyl sites for hydroxylation is 1. The van der Waals surface area contributed by atoms with Crippen molar-refractivity contribution in [2.75, 3.05) is 17.2 Å². The molecule has 0 saturated carbocycles. The fourth-order valence-electron chi connectivity index (χ4n) is 1.96. The number of nitrogens with two attached hydrogens (primary N) is 1. The summed E-state index contributed by atoms with van der Waals surface area (Å²) >= 11 is 0. The summed E-state index contributed by atoms with van der Waals surface area (Å²) in [7, 11) is 0. The van der Waals surface area contributed by atoms with Gasteiger partial charge in [0.1, 0.15) is 0 Å². The largest absolute Gasteiger partial charge is 0.399 e. The SMILES string of the molecule is CCN(c1ccc(N)cc1)c1cccc(C)c1. The molecule has 2 N–H and O–H groups in total. The average molecular weight is 226 g/mol. The Morgan fingerprint density at radius 1 is 1.00 bits per heavy atom. The summed E-state index contributed by atoms with van der Waals surface area (Å²) in [4.78, 5) is 2.27. The molecule has 0 fully saturated rings. The van der Waals surface area contributed by atoms with Crippen LogP contribution in [0.25, 0.3) is 0 Å². The minimum atomic E-state index is 0.800. The smallest absolute Gasteiger partial charge is 0.0413 e. The van der Waals surface area contributed by atoms with E-state index in [1.165, 1.54) is 16.9 Å². The molecule has 2 aromatic rings. The van der Waals surface area contributed by atoms with Crippen LogP contribution in [0.2, 0.25) is 0 Å². The summed E-state index contributed by atoms with van der Waals surface area (Å²) in [6.45, 7) is 5.20. The lowest BCUT2D eigenvalue weighted by Gasteiger charge is -2.23. The van der Waals surface area contributed by atoms with Gasteiger partial charge in [0, 0.05) is 23.6 Å². The third kappa shape index (κ3) is 2.59. The molecule has 2 aromatic carbocycles. The van der Waals surface area contributed by atoms with Gasteiger partial charge >= 0.3 is 0 Å². The molecule has 0 bridgehead atoms. The number of hydrogen-bond acceptors (Lipinski definition) is 2. The molecule has 0 atom stereocenters. The third-order valence-electron chi connectivity index (χ3n) is 2.83. The maximum Gasteiger partial charge on any atom is 0.0413 e. The summed E-state index contributed by atoms with van der Waals surface area (Å²) < 4.78 is 0. The Morgan fingerprint density at radius 2 is 1.71 bits per heavy atom. The van der Waals surface area contributed by atoms with E-state index in [9.17, 15) is 0 Å². The Hall–Kier alpha value is -1.96. The van der Waals surface area contributed by atoms with Gasteiger partial charge in [-0.15, -0.1) is 0 Å². The molecule has 0 aliphatic rings. The second kappa shape index (κ2) is 4.91. The van der Waals surface area contributed by atoms with Crippen molar-refractivity contribution in [3.8, 4) is 0 Å². The molecule has 0 radical (unpaired) electrons. The zero-order valence-corrected chi connectivity index (χ0v) is 10.4. The predicted molar refractivity (Wildman–Crippen MR) is 74.7 cm³/mol. The van der Waals surface area contributed by atoms with E-state index in [1.807, 2.05) is 12.1 Å². The van der Waals surface area contributed by atoms with Crippen LogP contribution in [0.5, 0.6) is 0 Å². The summed E-state index contributed by atoms with van der Waals surface area (Å²) in [5, 5.41) is 0. The van der Waals surface area contributed by atoms with E-state index < -0.39 is 0 Å². The zero-order chi connectivity index (χ0) is 12.3. The van der Waals surface area contributed by atoms with Gasteiger partial charge in [-0.1, -0.05) is 12.1 Å². The number of anilines is 3. The highest BCUT2D eigenvalue weighted by molar-refractivity contribution is 5.65. The third-order valence-corrected chi connectivity index (χ3v) is 2.83. The molecule has 88 valence electrons. The van der Waals surface area contributed by atoms with Crippen LogP contribution in [0.1, 0.15) is 12.5 Å². The Balaban J connectivity index is 2.36. The quantitative estimate of drug-likeness (QED) is 0.808. The van der Waals surface area contributed by atoms with Crippen LogP contribution in [-0.2, 0) is 0 Å². The number of benzene rings is 2. The minimum Gasteiger partial charge on any atom is -0.399 e. The first-order valence-electron chi connectivity index (χ1n) is 5.90. The summed E-state index contributed by atoms with van der Waals surface area (Å²) in [5.74, 6) is 0. The average Bonchev–Trinajstić information content (AvgIpc) is 2.33. The molecule has 0 spiro atoms.